The van der Waals surface area contributed by atoms with E-state index < -0.39 is 19.0 Å². The minimum absolute atomic E-state index is 0.309. The summed E-state index contributed by atoms with van der Waals surface area (Å²) in [7, 11) is -1.15. The van der Waals surface area contributed by atoms with E-state index in [1.165, 1.54) is 0 Å². The van der Waals surface area contributed by atoms with E-state index in [0.717, 1.165) is 47.3 Å². The zero-order valence-electron chi connectivity index (χ0n) is 26.7. The first-order valence-corrected chi connectivity index (χ1v) is 21.0. The van der Waals surface area contributed by atoms with Crippen molar-refractivity contribution in [2.24, 2.45) is 0 Å². The van der Waals surface area contributed by atoms with Crippen molar-refractivity contribution in [2.75, 3.05) is 23.9 Å². The molecule has 44 heavy (non-hydrogen) atoms. The van der Waals surface area contributed by atoms with Crippen molar-refractivity contribution in [3.63, 3.8) is 0 Å². The number of thioether (sulfide) groups is 1. The summed E-state index contributed by atoms with van der Waals surface area (Å²) in [5, 5.41) is 14.9. The van der Waals surface area contributed by atoms with Crippen molar-refractivity contribution in [2.45, 2.75) is 89.4 Å². The van der Waals surface area contributed by atoms with Crippen LogP contribution in [0.25, 0.3) is 11.1 Å². The third kappa shape index (κ3) is 11.2. The fraction of sp³-hybridized carbons (Fsp3) is 0.548. The molecule has 2 amide bonds. The number of rotatable bonds is 18. The minimum Gasteiger partial charge on any atom is -0.360 e. The standard InChI is InChI=1S/C31H46Cl2N6O3SSi/c1-22-29(23(2)39(37-22)21-42-18-20-44(4,5)6)24-11-13-25(14-12-24)35-30(40)26(9-7-10-28(32)33)36-31(41)27-15-16-34-38(27)17-8-19-43-3/h11-16,26,28H,7-10,17-21H2,1-6H3,(H,35,40)(H,36,41)/t26-/m0/s1. The van der Waals surface area contributed by atoms with Crippen LogP contribution in [0.3, 0.4) is 0 Å². The van der Waals surface area contributed by atoms with Crippen molar-refractivity contribution >= 4 is 60.5 Å². The number of benzene rings is 1. The van der Waals surface area contributed by atoms with Gasteiger partial charge in [0.05, 0.1) is 5.69 Å². The second-order valence-corrected chi connectivity index (χ2v) is 20.0. The Morgan fingerprint density at radius 1 is 1.05 bits per heavy atom. The van der Waals surface area contributed by atoms with Crippen molar-refractivity contribution in [1.82, 2.24) is 24.9 Å². The van der Waals surface area contributed by atoms with Crippen molar-refractivity contribution in [3.05, 3.63) is 53.6 Å². The largest absolute Gasteiger partial charge is 0.360 e. The molecule has 1 atom stereocenters. The van der Waals surface area contributed by atoms with Gasteiger partial charge in [-0.1, -0.05) is 31.8 Å². The molecule has 3 rings (SSSR count). The zero-order chi connectivity index (χ0) is 32.3. The second-order valence-electron chi connectivity index (χ2n) is 12.1. The molecule has 0 saturated heterocycles. The molecule has 0 radical (unpaired) electrons. The van der Waals surface area contributed by atoms with E-state index in [-0.39, 0.29) is 11.8 Å². The maximum absolute atomic E-state index is 13.4. The van der Waals surface area contributed by atoms with Crippen LogP contribution in [0.1, 0.15) is 47.6 Å². The van der Waals surface area contributed by atoms with Crippen LogP contribution >= 0.6 is 35.0 Å². The summed E-state index contributed by atoms with van der Waals surface area (Å²) >= 11 is 13.6. The molecule has 0 unspecified atom stereocenters. The fourth-order valence-corrected chi connectivity index (χ4v) is 6.24. The van der Waals surface area contributed by atoms with Crippen molar-refractivity contribution in [3.8, 4) is 11.1 Å². The first-order valence-electron chi connectivity index (χ1n) is 15.0. The third-order valence-electron chi connectivity index (χ3n) is 7.24. The molecule has 0 spiro atoms. The summed E-state index contributed by atoms with van der Waals surface area (Å²) in [5.41, 5.74) is 5.05. The van der Waals surface area contributed by atoms with Gasteiger partial charge >= 0.3 is 0 Å². The molecule has 0 aliphatic heterocycles. The normalized spacial score (nSPS) is 12.5. The average molecular weight is 682 g/mol. The Labute approximate surface area is 276 Å². The number of aryl methyl sites for hydroxylation is 2. The monoisotopic (exact) mass is 680 g/mol. The maximum atomic E-state index is 13.4. The summed E-state index contributed by atoms with van der Waals surface area (Å²) in [5.74, 6) is 0.316. The van der Waals surface area contributed by atoms with E-state index in [4.69, 9.17) is 33.0 Å². The maximum Gasteiger partial charge on any atom is 0.270 e. The Kier molecular flexibility index (Phi) is 14.3. The van der Waals surface area contributed by atoms with Crippen LogP contribution in [0.2, 0.25) is 25.7 Å². The van der Waals surface area contributed by atoms with Crippen molar-refractivity contribution < 1.29 is 14.3 Å². The molecule has 9 nitrogen and oxygen atoms in total. The molecule has 3 aromatic rings. The predicted molar refractivity (Wildman–Crippen MR) is 186 cm³/mol. The van der Waals surface area contributed by atoms with Crippen LogP contribution in [0, 0.1) is 13.8 Å². The van der Waals surface area contributed by atoms with Gasteiger partial charge in [-0.3, -0.25) is 14.3 Å². The van der Waals surface area contributed by atoms with Crippen LogP contribution in [-0.2, 0) is 22.8 Å². The number of hydrogen-bond donors (Lipinski definition) is 2. The van der Waals surface area contributed by atoms with Gasteiger partial charge in [0.15, 0.2) is 0 Å². The number of ether oxygens (including phenoxy) is 1. The lowest BCUT2D eigenvalue weighted by atomic mass is 10.0. The third-order valence-corrected chi connectivity index (χ3v) is 10.1. The van der Waals surface area contributed by atoms with E-state index in [0.29, 0.717) is 43.9 Å². The highest BCUT2D eigenvalue weighted by molar-refractivity contribution is 7.98. The van der Waals surface area contributed by atoms with Gasteiger partial charge in [-0.15, -0.1) is 23.2 Å². The van der Waals surface area contributed by atoms with Gasteiger partial charge in [0.25, 0.3) is 5.91 Å². The molecular formula is C31H46Cl2N6O3SSi. The molecule has 1 aromatic carbocycles. The van der Waals surface area contributed by atoms with Crippen LogP contribution in [0.15, 0.2) is 36.5 Å². The van der Waals surface area contributed by atoms with Crippen LogP contribution in [0.4, 0.5) is 5.69 Å². The number of carbonyl (C=O) groups excluding carboxylic acids is 2. The smallest absolute Gasteiger partial charge is 0.270 e. The summed E-state index contributed by atoms with van der Waals surface area (Å²) in [6.45, 7) is 12.8. The lowest BCUT2D eigenvalue weighted by Crippen LogP contribution is -2.44. The zero-order valence-corrected chi connectivity index (χ0v) is 30.0. The van der Waals surface area contributed by atoms with Gasteiger partial charge in [0.2, 0.25) is 5.91 Å². The number of nitrogens with zero attached hydrogens (tertiary/aromatic N) is 4. The molecule has 13 heteroatoms. The highest BCUT2D eigenvalue weighted by Crippen LogP contribution is 2.28. The average Bonchev–Trinajstić information content (AvgIpc) is 3.54. The minimum atomic E-state index is -1.15. The van der Waals surface area contributed by atoms with Crippen LogP contribution in [0.5, 0.6) is 0 Å². The Balaban J connectivity index is 1.68. The molecule has 0 bridgehead atoms. The number of aromatic nitrogens is 4. The number of amides is 2. The van der Waals surface area contributed by atoms with Gasteiger partial charge in [-0.05, 0) is 81.3 Å². The molecule has 2 heterocycles. The first-order chi connectivity index (χ1) is 20.9. The number of carbonyl (C=O) groups is 2. The Morgan fingerprint density at radius 2 is 1.77 bits per heavy atom. The number of nitrogens with one attached hydrogen (secondary N) is 2. The number of halogens is 2. The van der Waals surface area contributed by atoms with E-state index in [1.54, 1.807) is 28.7 Å². The molecule has 242 valence electrons. The Bertz CT molecular complexity index is 1360. The topological polar surface area (TPSA) is 103 Å². The fourth-order valence-electron chi connectivity index (χ4n) is 4.76. The Morgan fingerprint density at radius 3 is 2.43 bits per heavy atom. The summed E-state index contributed by atoms with van der Waals surface area (Å²) in [6.07, 6.45) is 6.02. The highest BCUT2D eigenvalue weighted by atomic mass is 35.5. The Hall–Kier alpha value is -2.31. The van der Waals surface area contributed by atoms with E-state index in [2.05, 4.69) is 35.4 Å². The van der Waals surface area contributed by atoms with Crippen molar-refractivity contribution in [1.29, 1.82) is 0 Å². The van der Waals surface area contributed by atoms with E-state index >= 15 is 0 Å². The number of hydrogen-bond acceptors (Lipinski definition) is 6. The highest BCUT2D eigenvalue weighted by Gasteiger charge is 2.24. The molecule has 2 N–H and O–H groups in total. The molecule has 0 aliphatic carbocycles. The second kappa shape index (κ2) is 17.4. The SMILES string of the molecule is CSCCCn1nccc1C(=O)N[C@@H](CCCC(Cl)Cl)C(=O)Nc1ccc(-c2c(C)nn(COCC[Si](C)(C)C)c2C)cc1. The molecule has 0 saturated carbocycles. The van der Waals surface area contributed by atoms with Crippen LogP contribution < -0.4 is 10.6 Å². The first kappa shape index (κ1) is 36.2. The van der Waals surface area contributed by atoms with E-state index in [1.807, 2.05) is 49.1 Å². The van der Waals surface area contributed by atoms with Gasteiger partial charge < -0.3 is 15.4 Å². The molecule has 2 aromatic heterocycles. The number of alkyl halides is 2. The molecule has 0 fully saturated rings. The summed E-state index contributed by atoms with van der Waals surface area (Å²) in [6, 6.07) is 9.67. The van der Waals surface area contributed by atoms with E-state index in [9.17, 15) is 9.59 Å². The van der Waals surface area contributed by atoms with Gasteiger partial charge in [-0.2, -0.15) is 22.0 Å². The number of anilines is 1. The lowest BCUT2D eigenvalue weighted by molar-refractivity contribution is -0.118. The van der Waals surface area contributed by atoms with Crippen LogP contribution in [-0.4, -0.2) is 68.9 Å². The van der Waals surface area contributed by atoms with Gasteiger partial charge in [-0.25, -0.2) is 4.68 Å². The van der Waals surface area contributed by atoms with Gasteiger partial charge in [0.1, 0.15) is 23.3 Å². The quantitative estimate of drug-likeness (QED) is 0.0841. The molecular weight excluding hydrogens is 635 g/mol. The molecule has 0 aliphatic rings. The predicted octanol–water partition coefficient (Wildman–Crippen LogP) is 7.14. The summed E-state index contributed by atoms with van der Waals surface area (Å²) < 4.78 is 9.50. The van der Waals surface area contributed by atoms with Gasteiger partial charge in [0, 0.05) is 44.4 Å². The summed E-state index contributed by atoms with van der Waals surface area (Å²) in [4.78, 5) is 26.1. The lowest BCUT2D eigenvalue weighted by Gasteiger charge is -2.19.